The molecule has 0 radical (unpaired) electrons. The van der Waals surface area contributed by atoms with Crippen molar-refractivity contribution >= 4 is 29.8 Å². The summed E-state index contributed by atoms with van der Waals surface area (Å²) in [7, 11) is 0. The molecule has 0 spiro atoms. The summed E-state index contributed by atoms with van der Waals surface area (Å²) >= 11 is 5.77. The molecule has 2 rings (SSSR count). The van der Waals surface area contributed by atoms with Gasteiger partial charge in [-0.05, 0) is 12.8 Å². The molecule has 0 atom stereocenters. The fourth-order valence-electron chi connectivity index (χ4n) is 1.61. The Kier molecular flexibility index (Phi) is 4.57. The Morgan fingerprint density at radius 2 is 2.00 bits per heavy atom. The van der Waals surface area contributed by atoms with E-state index < -0.39 is 0 Å². The third-order valence-electron chi connectivity index (χ3n) is 2.46. The van der Waals surface area contributed by atoms with Gasteiger partial charge in [-0.2, -0.15) is 0 Å². The van der Waals surface area contributed by atoms with Crippen LogP contribution in [0, 0.1) is 0 Å². The molecule has 1 aliphatic rings. The van der Waals surface area contributed by atoms with Crippen molar-refractivity contribution in [1.82, 2.24) is 9.97 Å². The Morgan fingerprint density at radius 1 is 1.33 bits per heavy atom. The monoisotopic (exact) mass is 248 g/mol. The van der Waals surface area contributed by atoms with Gasteiger partial charge < -0.3 is 10.6 Å². The van der Waals surface area contributed by atoms with E-state index in [1.54, 1.807) is 12.4 Å². The number of nitrogens with zero attached hydrogens (tertiary/aromatic N) is 3. The van der Waals surface area contributed by atoms with Gasteiger partial charge in [0, 0.05) is 19.1 Å². The van der Waals surface area contributed by atoms with E-state index in [9.17, 15) is 0 Å². The van der Waals surface area contributed by atoms with E-state index in [4.69, 9.17) is 17.3 Å². The fourth-order valence-corrected chi connectivity index (χ4v) is 1.76. The van der Waals surface area contributed by atoms with Crippen LogP contribution in [0.4, 0.5) is 5.82 Å². The first-order chi connectivity index (χ1) is 6.75. The number of halogens is 2. The summed E-state index contributed by atoms with van der Waals surface area (Å²) in [6, 6.07) is 0.332. The van der Waals surface area contributed by atoms with Gasteiger partial charge in [0.1, 0.15) is 11.0 Å². The van der Waals surface area contributed by atoms with Gasteiger partial charge in [0.25, 0.3) is 0 Å². The Morgan fingerprint density at radius 3 is 2.60 bits per heavy atom. The first kappa shape index (κ1) is 12.5. The van der Waals surface area contributed by atoms with E-state index >= 15 is 0 Å². The highest BCUT2D eigenvalue weighted by molar-refractivity contribution is 6.29. The second kappa shape index (κ2) is 5.49. The topological polar surface area (TPSA) is 55.0 Å². The van der Waals surface area contributed by atoms with Crippen molar-refractivity contribution in [3.05, 3.63) is 17.5 Å². The second-order valence-electron chi connectivity index (χ2n) is 3.52. The molecule has 2 heterocycles. The van der Waals surface area contributed by atoms with Crippen LogP contribution in [0.25, 0.3) is 0 Å². The maximum Gasteiger partial charge on any atom is 0.149 e. The number of piperidine rings is 1. The maximum atomic E-state index is 5.82. The average Bonchev–Trinajstić information content (AvgIpc) is 2.19. The summed E-state index contributed by atoms with van der Waals surface area (Å²) in [5.41, 5.74) is 5.82. The molecule has 0 unspecified atom stereocenters. The summed E-state index contributed by atoms with van der Waals surface area (Å²) in [5.74, 6) is 0.851. The minimum atomic E-state index is 0. The van der Waals surface area contributed by atoms with Crippen molar-refractivity contribution in [3.8, 4) is 0 Å². The lowest BCUT2D eigenvalue weighted by molar-refractivity contribution is 0.498. The molecule has 4 nitrogen and oxygen atoms in total. The Labute approximate surface area is 100 Å². The summed E-state index contributed by atoms with van der Waals surface area (Å²) < 4.78 is 0. The molecule has 0 aliphatic carbocycles. The average molecular weight is 249 g/mol. The zero-order valence-electron chi connectivity index (χ0n) is 8.27. The quantitative estimate of drug-likeness (QED) is 0.819. The van der Waals surface area contributed by atoms with Crippen LogP contribution in [0.2, 0.25) is 5.15 Å². The van der Waals surface area contributed by atoms with E-state index in [1.165, 1.54) is 0 Å². The number of hydrogen-bond acceptors (Lipinski definition) is 4. The molecule has 0 amide bonds. The van der Waals surface area contributed by atoms with Crippen molar-refractivity contribution in [2.45, 2.75) is 18.9 Å². The van der Waals surface area contributed by atoms with Crippen LogP contribution in [0.1, 0.15) is 12.8 Å². The molecule has 1 saturated heterocycles. The smallest absolute Gasteiger partial charge is 0.149 e. The van der Waals surface area contributed by atoms with Gasteiger partial charge in [-0.3, -0.25) is 4.98 Å². The van der Waals surface area contributed by atoms with Crippen LogP contribution in [-0.2, 0) is 0 Å². The molecule has 15 heavy (non-hydrogen) atoms. The zero-order valence-corrected chi connectivity index (χ0v) is 9.84. The predicted octanol–water partition coefficient (Wildman–Crippen LogP) is 1.48. The first-order valence-electron chi connectivity index (χ1n) is 4.74. The highest BCUT2D eigenvalue weighted by Crippen LogP contribution is 2.17. The summed E-state index contributed by atoms with van der Waals surface area (Å²) in [4.78, 5) is 10.4. The minimum Gasteiger partial charge on any atom is -0.355 e. The van der Waals surface area contributed by atoms with E-state index in [-0.39, 0.29) is 12.4 Å². The maximum absolute atomic E-state index is 5.82. The molecule has 0 bridgehead atoms. The molecule has 6 heteroatoms. The van der Waals surface area contributed by atoms with Crippen molar-refractivity contribution < 1.29 is 0 Å². The Balaban J connectivity index is 0.00000112. The lowest BCUT2D eigenvalue weighted by Gasteiger charge is -2.30. The van der Waals surface area contributed by atoms with Crippen LogP contribution in [-0.4, -0.2) is 29.1 Å². The number of rotatable bonds is 1. The molecular weight excluding hydrogens is 235 g/mol. The van der Waals surface area contributed by atoms with Crippen molar-refractivity contribution in [1.29, 1.82) is 0 Å². The van der Waals surface area contributed by atoms with Gasteiger partial charge >= 0.3 is 0 Å². The lowest BCUT2D eigenvalue weighted by Crippen LogP contribution is -2.40. The SMILES string of the molecule is Cl.NC1CCN(c2cncc(Cl)n2)CC1. The van der Waals surface area contributed by atoms with Crippen molar-refractivity contribution in [3.63, 3.8) is 0 Å². The third-order valence-corrected chi connectivity index (χ3v) is 2.64. The van der Waals surface area contributed by atoms with Gasteiger partial charge in [0.2, 0.25) is 0 Å². The van der Waals surface area contributed by atoms with Crippen LogP contribution in [0.3, 0.4) is 0 Å². The second-order valence-corrected chi connectivity index (χ2v) is 3.91. The van der Waals surface area contributed by atoms with Crippen molar-refractivity contribution in [2.24, 2.45) is 5.73 Å². The number of hydrogen-bond donors (Lipinski definition) is 1. The van der Waals surface area contributed by atoms with Gasteiger partial charge in [-0.25, -0.2) is 4.98 Å². The highest BCUT2D eigenvalue weighted by Gasteiger charge is 2.17. The third kappa shape index (κ3) is 3.19. The minimum absolute atomic E-state index is 0. The summed E-state index contributed by atoms with van der Waals surface area (Å²) in [6.07, 6.45) is 5.30. The number of anilines is 1. The molecular formula is C9H14Cl2N4. The molecule has 84 valence electrons. The molecule has 1 aromatic heterocycles. The van der Waals surface area contributed by atoms with Gasteiger partial charge in [0.15, 0.2) is 0 Å². The van der Waals surface area contributed by atoms with E-state index in [1.807, 2.05) is 0 Å². The van der Waals surface area contributed by atoms with Crippen LogP contribution in [0.5, 0.6) is 0 Å². The van der Waals surface area contributed by atoms with E-state index in [0.29, 0.717) is 11.2 Å². The van der Waals surface area contributed by atoms with E-state index in [2.05, 4.69) is 14.9 Å². The van der Waals surface area contributed by atoms with Crippen LogP contribution in [0.15, 0.2) is 12.4 Å². The molecule has 1 aromatic rings. The fraction of sp³-hybridized carbons (Fsp3) is 0.556. The predicted molar refractivity (Wildman–Crippen MR) is 63.7 cm³/mol. The normalized spacial score (nSPS) is 17.3. The Bertz CT molecular complexity index is 313. The zero-order chi connectivity index (χ0) is 9.97. The highest BCUT2D eigenvalue weighted by atomic mass is 35.5. The standard InChI is InChI=1S/C9H13ClN4.ClH/c10-8-5-12-6-9(13-8)14-3-1-7(11)2-4-14;/h5-7H,1-4,11H2;1H. The number of aromatic nitrogens is 2. The first-order valence-corrected chi connectivity index (χ1v) is 5.11. The van der Waals surface area contributed by atoms with Gasteiger partial charge in [-0.15, -0.1) is 12.4 Å². The largest absolute Gasteiger partial charge is 0.355 e. The molecule has 1 fully saturated rings. The van der Waals surface area contributed by atoms with Gasteiger partial charge in [0.05, 0.1) is 12.4 Å². The van der Waals surface area contributed by atoms with Gasteiger partial charge in [-0.1, -0.05) is 11.6 Å². The summed E-state index contributed by atoms with van der Waals surface area (Å²) in [5, 5.41) is 0.442. The molecule has 2 N–H and O–H groups in total. The van der Waals surface area contributed by atoms with Crippen LogP contribution >= 0.6 is 24.0 Å². The van der Waals surface area contributed by atoms with E-state index in [0.717, 1.165) is 31.7 Å². The molecule has 0 saturated carbocycles. The molecule has 1 aliphatic heterocycles. The van der Waals surface area contributed by atoms with Crippen LogP contribution < -0.4 is 10.6 Å². The molecule has 0 aromatic carbocycles. The lowest BCUT2D eigenvalue weighted by atomic mass is 10.1. The summed E-state index contributed by atoms with van der Waals surface area (Å²) in [6.45, 7) is 1.88. The Hall–Kier alpha value is -0.580. The van der Waals surface area contributed by atoms with Crippen molar-refractivity contribution in [2.75, 3.05) is 18.0 Å². The number of nitrogens with two attached hydrogens (primary N) is 1.